The van der Waals surface area contributed by atoms with E-state index < -0.39 is 16.1 Å². The lowest BCUT2D eigenvalue weighted by molar-refractivity contribution is -0.124. The highest BCUT2D eigenvalue weighted by atomic mass is 32.2. The molecule has 1 aliphatic heterocycles. The highest BCUT2D eigenvalue weighted by Crippen LogP contribution is 2.23. The SMILES string of the molecule is C=CCNC(=O)C1CCCN1C(=O)c1ccc(NS(=O)(=O)c2cc(C)ccc2C)cc1. The van der Waals surface area contributed by atoms with Gasteiger partial charge < -0.3 is 10.2 Å². The molecule has 2 N–H and O–H groups in total. The second kappa shape index (κ2) is 9.34. The zero-order chi connectivity index (χ0) is 22.6. The second-order valence-corrected chi connectivity index (χ2v) is 9.29. The molecule has 0 radical (unpaired) electrons. The summed E-state index contributed by atoms with van der Waals surface area (Å²) in [5.74, 6) is -0.441. The van der Waals surface area contributed by atoms with E-state index in [9.17, 15) is 18.0 Å². The van der Waals surface area contributed by atoms with E-state index in [4.69, 9.17) is 0 Å². The Morgan fingerprint density at radius 2 is 1.87 bits per heavy atom. The van der Waals surface area contributed by atoms with Crippen molar-refractivity contribution in [2.75, 3.05) is 17.8 Å². The molecule has 2 aromatic rings. The molecule has 0 bridgehead atoms. The molecule has 31 heavy (non-hydrogen) atoms. The average molecular weight is 442 g/mol. The molecule has 164 valence electrons. The number of hydrogen-bond donors (Lipinski definition) is 2. The second-order valence-electron chi connectivity index (χ2n) is 7.64. The Morgan fingerprint density at radius 3 is 2.55 bits per heavy atom. The smallest absolute Gasteiger partial charge is 0.262 e. The zero-order valence-electron chi connectivity index (χ0n) is 17.7. The highest BCUT2D eigenvalue weighted by molar-refractivity contribution is 7.92. The molecular weight excluding hydrogens is 414 g/mol. The van der Waals surface area contributed by atoms with Crippen LogP contribution in [0.4, 0.5) is 5.69 Å². The van der Waals surface area contributed by atoms with Gasteiger partial charge in [0, 0.05) is 24.3 Å². The number of nitrogens with one attached hydrogen (secondary N) is 2. The van der Waals surface area contributed by atoms with Gasteiger partial charge in [0.25, 0.3) is 15.9 Å². The summed E-state index contributed by atoms with van der Waals surface area (Å²) >= 11 is 0. The lowest BCUT2D eigenvalue weighted by Crippen LogP contribution is -2.46. The van der Waals surface area contributed by atoms with Crippen LogP contribution in [0.25, 0.3) is 0 Å². The summed E-state index contributed by atoms with van der Waals surface area (Å²) < 4.78 is 28.1. The number of amides is 2. The maximum atomic E-state index is 12.9. The van der Waals surface area contributed by atoms with E-state index in [2.05, 4.69) is 16.6 Å². The van der Waals surface area contributed by atoms with Crippen molar-refractivity contribution in [3.8, 4) is 0 Å². The molecule has 7 nitrogen and oxygen atoms in total. The fourth-order valence-electron chi connectivity index (χ4n) is 3.63. The predicted octanol–water partition coefficient (Wildman–Crippen LogP) is 3.01. The van der Waals surface area contributed by atoms with Crippen LogP contribution in [0.1, 0.15) is 34.3 Å². The van der Waals surface area contributed by atoms with E-state index in [0.717, 1.165) is 12.0 Å². The van der Waals surface area contributed by atoms with Crippen LogP contribution < -0.4 is 10.0 Å². The van der Waals surface area contributed by atoms with Gasteiger partial charge in [-0.15, -0.1) is 6.58 Å². The van der Waals surface area contributed by atoms with Crippen molar-refractivity contribution in [2.45, 2.75) is 37.6 Å². The number of benzene rings is 2. The van der Waals surface area contributed by atoms with Crippen molar-refractivity contribution in [1.29, 1.82) is 0 Å². The molecule has 1 heterocycles. The number of likely N-dealkylation sites (tertiary alicyclic amines) is 1. The van der Waals surface area contributed by atoms with Crippen LogP contribution in [0.5, 0.6) is 0 Å². The third-order valence-corrected chi connectivity index (χ3v) is 6.78. The van der Waals surface area contributed by atoms with Crippen molar-refractivity contribution in [3.63, 3.8) is 0 Å². The van der Waals surface area contributed by atoms with Gasteiger partial charge in [-0.3, -0.25) is 14.3 Å². The summed E-state index contributed by atoms with van der Waals surface area (Å²) in [6.07, 6.45) is 2.96. The molecule has 2 aromatic carbocycles. The Balaban J connectivity index is 1.74. The van der Waals surface area contributed by atoms with Gasteiger partial charge in [0.2, 0.25) is 5.91 Å². The molecule has 0 saturated carbocycles. The number of carbonyl (C=O) groups excluding carboxylic acids is 2. The zero-order valence-corrected chi connectivity index (χ0v) is 18.5. The third kappa shape index (κ3) is 5.14. The van der Waals surface area contributed by atoms with Crippen molar-refractivity contribution >= 4 is 27.5 Å². The minimum Gasteiger partial charge on any atom is -0.351 e. The predicted molar refractivity (Wildman–Crippen MR) is 120 cm³/mol. The first-order valence-electron chi connectivity index (χ1n) is 10.1. The van der Waals surface area contributed by atoms with Gasteiger partial charge in [0.15, 0.2) is 0 Å². The number of rotatable bonds is 7. The third-order valence-electron chi connectivity index (χ3n) is 5.25. The summed E-state index contributed by atoms with van der Waals surface area (Å²) in [6.45, 7) is 8.02. The summed E-state index contributed by atoms with van der Waals surface area (Å²) in [4.78, 5) is 27.0. The van der Waals surface area contributed by atoms with Crippen LogP contribution in [-0.2, 0) is 14.8 Å². The topological polar surface area (TPSA) is 95.6 Å². The van der Waals surface area contributed by atoms with Gasteiger partial charge >= 0.3 is 0 Å². The fraction of sp³-hybridized carbons (Fsp3) is 0.304. The van der Waals surface area contributed by atoms with E-state index >= 15 is 0 Å². The monoisotopic (exact) mass is 441 g/mol. The Bertz CT molecular complexity index is 1090. The van der Waals surface area contributed by atoms with E-state index in [0.29, 0.717) is 36.3 Å². The number of aryl methyl sites for hydroxylation is 2. The molecule has 1 unspecified atom stereocenters. The van der Waals surface area contributed by atoms with E-state index in [1.165, 1.54) is 0 Å². The summed E-state index contributed by atoms with van der Waals surface area (Å²) in [7, 11) is -3.75. The van der Waals surface area contributed by atoms with E-state index in [1.54, 1.807) is 54.3 Å². The van der Waals surface area contributed by atoms with Crippen LogP contribution >= 0.6 is 0 Å². The maximum Gasteiger partial charge on any atom is 0.262 e. The fourth-order valence-corrected chi connectivity index (χ4v) is 5.02. The van der Waals surface area contributed by atoms with E-state index in [1.807, 2.05) is 13.0 Å². The van der Waals surface area contributed by atoms with Crippen LogP contribution in [-0.4, -0.2) is 44.3 Å². The standard InChI is InChI=1S/C23H27N3O4S/c1-4-13-24-22(27)20-6-5-14-26(20)23(28)18-9-11-19(12-10-18)25-31(29,30)21-15-16(2)7-8-17(21)3/h4,7-12,15,20,25H,1,5-6,13-14H2,2-3H3,(H,24,27). The number of nitrogens with zero attached hydrogens (tertiary/aromatic N) is 1. The minimum absolute atomic E-state index is 0.191. The molecular formula is C23H27N3O4S. The first-order valence-corrected chi connectivity index (χ1v) is 11.6. The lowest BCUT2D eigenvalue weighted by Gasteiger charge is -2.24. The highest BCUT2D eigenvalue weighted by Gasteiger charge is 2.34. The van der Waals surface area contributed by atoms with Crippen LogP contribution in [0, 0.1) is 13.8 Å². The number of sulfonamides is 1. The van der Waals surface area contributed by atoms with Crippen molar-refractivity contribution in [3.05, 3.63) is 71.8 Å². The summed E-state index contributed by atoms with van der Waals surface area (Å²) in [5.41, 5.74) is 2.26. The molecule has 0 aromatic heterocycles. The maximum absolute atomic E-state index is 12.9. The lowest BCUT2D eigenvalue weighted by atomic mass is 10.1. The van der Waals surface area contributed by atoms with Gasteiger partial charge in [-0.2, -0.15) is 0 Å². The molecule has 8 heteroatoms. The normalized spacial score (nSPS) is 16.1. The van der Waals surface area contributed by atoms with Gasteiger partial charge in [-0.1, -0.05) is 18.2 Å². The Morgan fingerprint density at radius 1 is 1.16 bits per heavy atom. The van der Waals surface area contributed by atoms with E-state index in [-0.39, 0.29) is 16.7 Å². The Hall–Kier alpha value is -3.13. The van der Waals surface area contributed by atoms with Crippen molar-refractivity contribution in [2.24, 2.45) is 0 Å². The van der Waals surface area contributed by atoms with Crippen LogP contribution in [0.2, 0.25) is 0 Å². The molecule has 0 spiro atoms. The molecule has 1 saturated heterocycles. The number of anilines is 1. The summed E-state index contributed by atoms with van der Waals surface area (Å²) in [5, 5.41) is 2.74. The molecule has 1 atom stereocenters. The first-order chi connectivity index (χ1) is 14.7. The van der Waals surface area contributed by atoms with Gasteiger partial charge in [0.05, 0.1) is 4.90 Å². The minimum atomic E-state index is -3.75. The molecule has 1 fully saturated rings. The van der Waals surface area contributed by atoms with Crippen molar-refractivity contribution in [1.82, 2.24) is 10.2 Å². The largest absolute Gasteiger partial charge is 0.351 e. The molecule has 2 amide bonds. The summed E-state index contributed by atoms with van der Waals surface area (Å²) in [6, 6.07) is 11.0. The molecule has 3 rings (SSSR count). The Kier molecular flexibility index (Phi) is 6.80. The van der Waals surface area contributed by atoms with Gasteiger partial charge in [0.1, 0.15) is 6.04 Å². The Labute approximate surface area is 183 Å². The number of hydrogen-bond acceptors (Lipinski definition) is 4. The quantitative estimate of drug-likeness (QED) is 0.646. The molecule has 0 aliphatic carbocycles. The average Bonchev–Trinajstić information content (AvgIpc) is 3.23. The van der Waals surface area contributed by atoms with Crippen molar-refractivity contribution < 1.29 is 18.0 Å². The first kappa shape index (κ1) is 22.6. The molecule has 1 aliphatic rings. The van der Waals surface area contributed by atoms with Gasteiger partial charge in [-0.05, 0) is 68.1 Å². The van der Waals surface area contributed by atoms with Crippen LogP contribution in [0.3, 0.4) is 0 Å². The number of carbonyl (C=O) groups is 2. The van der Waals surface area contributed by atoms with Gasteiger partial charge in [-0.25, -0.2) is 8.42 Å². The van der Waals surface area contributed by atoms with Crippen LogP contribution in [0.15, 0.2) is 60.0 Å².